The van der Waals surface area contributed by atoms with Crippen LogP contribution in [-0.4, -0.2) is 9.13 Å². The third-order valence-corrected chi connectivity index (χ3v) is 25.1. The van der Waals surface area contributed by atoms with Gasteiger partial charge in [0.1, 0.15) is 22.3 Å². The van der Waals surface area contributed by atoms with Gasteiger partial charge in [0.2, 0.25) is 0 Å². The molecule has 0 aliphatic heterocycles. The third kappa shape index (κ3) is 11.5. The summed E-state index contributed by atoms with van der Waals surface area (Å²) in [6.07, 6.45) is 0. The Morgan fingerprint density at radius 1 is 0.139 bits per heavy atom. The average Bonchev–Trinajstić information content (AvgIpc) is 1.38. The van der Waals surface area contributed by atoms with E-state index >= 15 is 0 Å². The average molecular weight is 1550 g/mol. The summed E-state index contributed by atoms with van der Waals surface area (Å²) in [7, 11) is 0. The van der Waals surface area contributed by atoms with Crippen LogP contribution in [-0.2, 0) is 0 Å². The van der Waals surface area contributed by atoms with Gasteiger partial charge in [-0.1, -0.05) is 370 Å². The first-order chi connectivity index (χ1) is 60.5. The quantitative estimate of drug-likeness (QED) is 0.121. The van der Waals surface area contributed by atoms with E-state index in [1.807, 2.05) is 6.07 Å². The normalized spacial score (nSPS) is 11.8. The lowest BCUT2D eigenvalue weighted by molar-refractivity contribution is 0.670. The van der Waals surface area contributed by atoms with Crippen LogP contribution >= 0.6 is 0 Å². The topological polar surface area (TPSA) is 36.1 Å². The van der Waals surface area contributed by atoms with Gasteiger partial charge >= 0.3 is 0 Å². The summed E-state index contributed by atoms with van der Waals surface area (Å²) in [6, 6.07) is 163. The number of nitrogens with zero attached hydrogens (tertiary/aromatic N) is 2. The van der Waals surface area contributed by atoms with Crippen molar-refractivity contribution in [3.63, 3.8) is 0 Å². The smallest absolute Gasteiger partial charge is 0.143 e. The molecule has 25 aromatic rings. The molecule has 0 saturated carbocycles. The lowest BCUT2D eigenvalue weighted by Gasteiger charge is -2.19. The minimum absolute atomic E-state index is 0.873. The standard InChI is InChI=1S/C68H43NO.C50H31NO/c1-6-20-44(21-7-1)50-38-58(46-24-10-3-11-25-46)67-61(40-50)62-41-51(45-22-8-2-9-23-45)39-59(68(62)70-67)49-34-36-54-53-30-18-19-33-63(53)69(64(54)42-49)52-35-37-57-60(43-52)66(48-28-14-5-15-29-48)56-32-17-16-31-55(56)65(57)47-26-12-4-13-27-47;1-3-14-32(15-4-1)48-40-20-7-8-21-41(40)49(33-16-5-2-6-17-33)44-31-35(27-29-42(44)48)51-45-24-11-9-18-37(45)38-28-26-34(30-46(38)51)36-22-13-23-43-39-19-10-12-25-47(39)52-50(36)43/h1-43H;1-31H. The molecule has 0 fully saturated rings. The molecular weight excluding hydrogens is 1480 g/mol. The highest BCUT2D eigenvalue weighted by Gasteiger charge is 2.26. The second-order valence-corrected chi connectivity index (χ2v) is 32.0. The van der Waals surface area contributed by atoms with Crippen LogP contribution < -0.4 is 0 Å². The molecule has 4 aromatic heterocycles. The molecule has 0 aliphatic rings. The summed E-state index contributed by atoms with van der Waals surface area (Å²) in [6.45, 7) is 0. The Bertz CT molecular complexity index is 8450. The van der Waals surface area contributed by atoms with Crippen LogP contribution in [0.3, 0.4) is 0 Å². The molecule has 0 amide bonds. The molecule has 0 unspecified atom stereocenters. The Balaban J connectivity index is 0.000000144. The van der Waals surface area contributed by atoms with E-state index in [-0.39, 0.29) is 0 Å². The molecule has 0 spiro atoms. The van der Waals surface area contributed by atoms with Gasteiger partial charge in [-0.05, 0) is 205 Å². The zero-order valence-corrected chi connectivity index (χ0v) is 66.4. The zero-order valence-electron chi connectivity index (χ0n) is 66.4. The van der Waals surface area contributed by atoms with Gasteiger partial charge in [0.05, 0.1) is 22.1 Å². The van der Waals surface area contributed by atoms with Crippen molar-refractivity contribution in [3.8, 4) is 112 Å². The predicted molar refractivity (Wildman–Crippen MR) is 515 cm³/mol. The van der Waals surface area contributed by atoms with Crippen molar-refractivity contribution in [2.24, 2.45) is 0 Å². The van der Waals surface area contributed by atoms with E-state index in [9.17, 15) is 0 Å². The number of aromatic nitrogens is 2. The number of benzene rings is 21. The van der Waals surface area contributed by atoms with Crippen LogP contribution in [0.1, 0.15) is 0 Å². The minimum atomic E-state index is 0.873. The lowest BCUT2D eigenvalue weighted by atomic mass is 9.86. The third-order valence-electron chi connectivity index (χ3n) is 25.1. The molecule has 21 aromatic carbocycles. The predicted octanol–water partition coefficient (Wildman–Crippen LogP) is 33.0. The summed E-state index contributed by atoms with van der Waals surface area (Å²) in [5.41, 5.74) is 31.5. The Labute approximate surface area is 704 Å². The van der Waals surface area contributed by atoms with Crippen LogP contribution in [0.2, 0.25) is 0 Å². The van der Waals surface area contributed by atoms with Gasteiger partial charge in [-0.25, -0.2) is 0 Å². The van der Waals surface area contributed by atoms with Gasteiger partial charge in [0.15, 0.2) is 0 Å². The van der Waals surface area contributed by atoms with Crippen LogP contribution in [0.5, 0.6) is 0 Å². The summed E-state index contributed by atoms with van der Waals surface area (Å²) >= 11 is 0. The number of fused-ring (bicyclic) bond motifs is 16. The van der Waals surface area contributed by atoms with Gasteiger partial charge in [-0.3, -0.25) is 0 Å². The second-order valence-electron chi connectivity index (χ2n) is 32.0. The molecular formula is C118H74N2O2. The zero-order chi connectivity index (χ0) is 80.3. The van der Waals surface area contributed by atoms with Crippen LogP contribution in [0, 0.1) is 0 Å². The fourth-order valence-electron chi connectivity index (χ4n) is 19.7. The number of furan rings is 2. The van der Waals surface area contributed by atoms with E-state index in [0.717, 1.165) is 122 Å². The molecule has 25 rings (SSSR count). The van der Waals surface area contributed by atoms with Crippen molar-refractivity contribution in [1.29, 1.82) is 0 Å². The summed E-state index contributed by atoms with van der Waals surface area (Å²) < 4.78 is 18.7. The maximum atomic E-state index is 7.27. The maximum Gasteiger partial charge on any atom is 0.143 e. The SMILES string of the molecule is c1ccc(-c2c3ccccc3c(-c3ccccc3)c3cc(-n4c5ccccc5c5ccc(-c6cccc7c6oc6ccccc67)cc54)ccc23)cc1.c1ccc(-c2cc(-c3ccccc3)c3oc4c(-c5ccc6c7ccccc7n(-c7ccc8c(-c9ccccc9)c9ccccc9c(-c9ccccc9)c8c7)c6c5)cc(-c5ccccc5)cc4c3c2)cc1. The Hall–Kier alpha value is -16.1. The number of hydrogen-bond donors (Lipinski definition) is 0. The molecule has 4 nitrogen and oxygen atoms in total. The van der Waals surface area contributed by atoms with E-state index in [1.165, 1.54) is 120 Å². The van der Waals surface area contributed by atoms with Gasteiger partial charge in [-0.15, -0.1) is 0 Å². The first-order valence-corrected chi connectivity index (χ1v) is 41.9. The van der Waals surface area contributed by atoms with E-state index in [1.54, 1.807) is 0 Å². The molecule has 0 N–H and O–H groups in total. The molecule has 0 aliphatic carbocycles. The fraction of sp³-hybridized carbons (Fsp3) is 0. The van der Waals surface area contributed by atoms with Crippen molar-refractivity contribution < 1.29 is 8.83 Å². The van der Waals surface area contributed by atoms with Gasteiger partial charge in [0, 0.05) is 71.2 Å². The lowest BCUT2D eigenvalue weighted by Crippen LogP contribution is -1.96. The summed E-state index contributed by atoms with van der Waals surface area (Å²) in [4.78, 5) is 0. The van der Waals surface area contributed by atoms with Crippen LogP contribution in [0.15, 0.2) is 458 Å². The van der Waals surface area contributed by atoms with Crippen molar-refractivity contribution in [2.45, 2.75) is 0 Å². The highest BCUT2D eigenvalue weighted by Crippen LogP contribution is 2.51. The summed E-state index contributed by atoms with van der Waals surface area (Å²) in [5.74, 6) is 0. The van der Waals surface area contributed by atoms with Crippen LogP contribution in [0.4, 0.5) is 0 Å². The van der Waals surface area contributed by atoms with Gasteiger partial charge in [-0.2, -0.15) is 0 Å². The number of rotatable bonds is 11. The molecule has 122 heavy (non-hydrogen) atoms. The highest BCUT2D eigenvalue weighted by atomic mass is 16.3. The number of hydrogen-bond acceptors (Lipinski definition) is 2. The van der Waals surface area contributed by atoms with E-state index < -0.39 is 0 Å². The molecule has 4 heterocycles. The molecule has 0 atom stereocenters. The van der Waals surface area contributed by atoms with Crippen LogP contribution in [0.25, 0.3) is 242 Å². The number of para-hydroxylation sites is 4. The van der Waals surface area contributed by atoms with Crippen molar-refractivity contribution in [3.05, 3.63) is 449 Å². The molecule has 0 radical (unpaired) electrons. The fourth-order valence-corrected chi connectivity index (χ4v) is 19.7. The molecule has 0 saturated heterocycles. The first kappa shape index (κ1) is 70.1. The minimum Gasteiger partial charge on any atom is -0.455 e. The Kier molecular flexibility index (Phi) is 16.6. The maximum absolute atomic E-state index is 7.27. The van der Waals surface area contributed by atoms with Gasteiger partial charge < -0.3 is 18.0 Å². The van der Waals surface area contributed by atoms with E-state index in [0.29, 0.717) is 0 Å². The van der Waals surface area contributed by atoms with Crippen molar-refractivity contribution >= 4 is 131 Å². The van der Waals surface area contributed by atoms with Gasteiger partial charge in [0.25, 0.3) is 0 Å². The first-order valence-electron chi connectivity index (χ1n) is 41.9. The Morgan fingerprint density at radius 3 is 0.869 bits per heavy atom. The molecule has 0 bridgehead atoms. The van der Waals surface area contributed by atoms with E-state index in [2.05, 4.69) is 452 Å². The Morgan fingerprint density at radius 2 is 0.443 bits per heavy atom. The highest BCUT2D eigenvalue weighted by molar-refractivity contribution is 6.25. The largest absolute Gasteiger partial charge is 0.455 e. The van der Waals surface area contributed by atoms with E-state index in [4.69, 9.17) is 8.83 Å². The second kappa shape index (κ2) is 28.9. The monoisotopic (exact) mass is 1550 g/mol. The summed E-state index contributed by atoms with van der Waals surface area (Å²) in [5, 5.41) is 19.2. The van der Waals surface area contributed by atoms with Crippen molar-refractivity contribution in [2.75, 3.05) is 0 Å². The molecule has 568 valence electrons. The molecule has 4 heteroatoms. The van der Waals surface area contributed by atoms with Crippen molar-refractivity contribution in [1.82, 2.24) is 9.13 Å².